The number of ketones is 1. The minimum Gasteiger partial charge on any atom is -0.496 e. The van der Waals surface area contributed by atoms with Crippen LogP contribution in [0.15, 0.2) is 24.3 Å². The average molecular weight is 252 g/mol. The monoisotopic (exact) mass is 252 g/mol. The minimum absolute atomic E-state index is 0.150. The van der Waals surface area contributed by atoms with E-state index >= 15 is 0 Å². The quantitative estimate of drug-likeness (QED) is 0.629. The van der Waals surface area contributed by atoms with Crippen LogP contribution in [-0.4, -0.2) is 39.8 Å². The van der Waals surface area contributed by atoms with Gasteiger partial charge in [0.1, 0.15) is 11.5 Å². The molecule has 4 heteroatoms. The van der Waals surface area contributed by atoms with E-state index in [2.05, 4.69) is 0 Å². The summed E-state index contributed by atoms with van der Waals surface area (Å²) >= 11 is 0. The molecule has 1 aromatic carbocycles. The normalized spacial score (nSPS) is 10.3. The number of methoxy groups -OCH3 is 2. The van der Waals surface area contributed by atoms with Gasteiger partial charge in [-0.05, 0) is 6.07 Å². The maximum atomic E-state index is 11.7. The summed E-state index contributed by atoms with van der Waals surface area (Å²) in [6.07, 6.45) is 0.805. The predicted octanol–water partition coefficient (Wildman–Crippen LogP) is 1.86. The van der Waals surface area contributed by atoms with Gasteiger partial charge in [-0.3, -0.25) is 4.79 Å². The Hall–Kier alpha value is -1.39. The molecule has 0 unspecified atom stereocenters. The van der Waals surface area contributed by atoms with E-state index in [-0.39, 0.29) is 5.78 Å². The average Bonchev–Trinajstić information content (AvgIpc) is 2.39. The molecule has 0 bridgehead atoms. The summed E-state index contributed by atoms with van der Waals surface area (Å²) in [6, 6.07) is 7.56. The molecule has 0 saturated carbocycles. The largest absolute Gasteiger partial charge is 0.496 e. The zero-order valence-electron chi connectivity index (χ0n) is 11.0. The summed E-state index contributed by atoms with van der Waals surface area (Å²) in [5.74, 6) is 0.906. The van der Waals surface area contributed by atoms with E-state index in [0.29, 0.717) is 32.7 Å². The van der Waals surface area contributed by atoms with Crippen LogP contribution in [-0.2, 0) is 20.7 Å². The van der Waals surface area contributed by atoms with Crippen molar-refractivity contribution >= 4 is 5.78 Å². The van der Waals surface area contributed by atoms with Crippen LogP contribution in [0, 0.1) is 0 Å². The third-order valence-electron chi connectivity index (χ3n) is 2.54. The highest BCUT2D eigenvalue weighted by molar-refractivity contribution is 5.81. The Labute approximate surface area is 108 Å². The van der Waals surface area contributed by atoms with Gasteiger partial charge in [-0.25, -0.2) is 0 Å². The van der Waals surface area contributed by atoms with Gasteiger partial charge in [0.2, 0.25) is 0 Å². The van der Waals surface area contributed by atoms with Crippen molar-refractivity contribution in [2.24, 2.45) is 0 Å². The predicted molar refractivity (Wildman–Crippen MR) is 69.0 cm³/mol. The maximum absolute atomic E-state index is 11.7. The molecule has 0 amide bonds. The van der Waals surface area contributed by atoms with Gasteiger partial charge in [0.25, 0.3) is 0 Å². The second-order valence-corrected chi connectivity index (χ2v) is 3.88. The Kier molecular flexibility index (Phi) is 7.06. The molecule has 0 spiro atoms. The number of hydrogen-bond donors (Lipinski definition) is 0. The van der Waals surface area contributed by atoms with Crippen LogP contribution in [0.3, 0.4) is 0 Å². The number of carbonyl (C=O) groups is 1. The van der Waals surface area contributed by atoms with Crippen LogP contribution in [0.1, 0.15) is 12.0 Å². The van der Waals surface area contributed by atoms with Crippen molar-refractivity contribution < 1.29 is 19.0 Å². The van der Waals surface area contributed by atoms with Gasteiger partial charge in [-0.15, -0.1) is 0 Å². The Balaban J connectivity index is 2.31. The van der Waals surface area contributed by atoms with Crippen molar-refractivity contribution in [3.63, 3.8) is 0 Å². The first kappa shape index (κ1) is 14.7. The molecule has 0 fully saturated rings. The molecule has 0 aliphatic rings. The van der Waals surface area contributed by atoms with Gasteiger partial charge >= 0.3 is 0 Å². The number of hydrogen-bond acceptors (Lipinski definition) is 4. The van der Waals surface area contributed by atoms with E-state index < -0.39 is 0 Å². The van der Waals surface area contributed by atoms with Crippen LogP contribution in [0.25, 0.3) is 0 Å². The number of ether oxygens (including phenoxy) is 3. The van der Waals surface area contributed by atoms with Gasteiger partial charge in [-0.1, -0.05) is 18.2 Å². The molecule has 0 N–H and O–H groups in total. The fourth-order valence-corrected chi connectivity index (χ4v) is 1.58. The first-order chi connectivity index (χ1) is 8.77. The van der Waals surface area contributed by atoms with E-state index in [9.17, 15) is 4.79 Å². The lowest BCUT2D eigenvalue weighted by Gasteiger charge is -2.07. The molecule has 1 rings (SSSR count). The fourth-order valence-electron chi connectivity index (χ4n) is 1.58. The lowest BCUT2D eigenvalue weighted by Crippen LogP contribution is -2.10. The van der Waals surface area contributed by atoms with E-state index in [4.69, 9.17) is 14.2 Å². The van der Waals surface area contributed by atoms with Crippen LogP contribution in [0.5, 0.6) is 5.75 Å². The van der Waals surface area contributed by atoms with Crippen molar-refractivity contribution in [1.29, 1.82) is 0 Å². The zero-order chi connectivity index (χ0) is 13.2. The molecule has 100 valence electrons. The molecule has 0 aromatic heterocycles. The van der Waals surface area contributed by atoms with E-state index in [1.54, 1.807) is 14.2 Å². The molecule has 0 heterocycles. The van der Waals surface area contributed by atoms with Crippen molar-refractivity contribution in [2.45, 2.75) is 12.8 Å². The van der Waals surface area contributed by atoms with Crippen molar-refractivity contribution in [1.82, 2.24) is 0 Å². The summed E-state index contributed by atoms with van der Waals surface area (Å²) in [6.45, 7) is 1.52. The number of Topliss-reactive ketones (excluding diaryl/α,β-unsaturated/α-hetero) is 1. The molecule has 0 saturated heterocycles. The topological polar surface area (TPSA) is 44.8 Å². The summed E-state index contributed by atoms with van der Waals surface area (Å²) < 4.78 is 15.3. The van der Waals surface area contributed by atoms with Crippen LogP contribution in [0.4, 0.5) is 0 Å². The van der Waals surface area contributed by atoms with Crippen molar-refractivity contribution in [3.05, 3.63) is 29.8 Å². The second-order valence-electron chi connectivity index (χ2n) is 3.88. The summed E-state index contributed by atoms with van der Waals surface area (Å²) in [7, 11) is 3.23. The molecule has 4 nitrogen and oxygen atoms in total. The molecular formula is C14H20O4. The highest BCUT2D eigenvalue weighted by Gasteiger charge is 2.07. The van der Waals surface area contributed by atoms with Crippen LogP contribution >= 0.6 is 0 Å². The first-order valence-electron chi connectivity index (χ1n) is 5.98. The van der Waals surface area contributed by atoms with Gasteiger partial charge in [0, 0.05) is 25.5 Å². The number of carbonyl (C=O) groups excluding carboxylic acids is 1. The molecule has 0 aliphatic carbocycles. The molecule has 18 heavy (non-hydrogen) atoms. The second kappa shape index (κ2) is 8.66. The van der Waals surface area contributed by atoms with E-state index in [1.807, 2.05) is 24.3 Å². The third-order valence-corrected chi connectivity index (χ3v) is 2.54. The standard InChI is InChI=1S/C14H20O4/c1-16-9-10-18-8-7-13(15)11-12-5-3-4-6-14(12)17-2/h3-6H,7-11H2,1-2H3. The Morgan fingerprint density at radius 1 is 1.11 bits per heavy atom. The molecule has 1 aromatic rings. The smallest absolute Gasteiger partial charge is 0.139 e. The molecule has 0 atom stereocenters. The summed E-state index contributed by atoms with van der Waals surface area (Å²) in [5, 5.41) is 0. The highest BCUT2D eigenvalue weighted by atomic mass is 16.5. The fraction of sp³-hybridized carbons (Fsp3) is 0.500. The van der Waals surface area contributed by atoms with Gasteiger partial charge in [0.15, 0.2) is 0 Å². The van der Waals surface area contributed by atoms with Crippen LogP contribution in [0.2, 0.25) is 0 Å². The lowest BCUT2D eigenvalue weighted by molar-refractivity contribution is -0.119. The van der Waals surface area contributed by atoms with Crippen LogP contribution < -0.4 is 4.74 Å². The molecule has 0 aliphatic heterocycles. The van der Waals surface area contributed by atoms with Crippen molar-refractivity contribution in [2.75, 3.05) is 34.0 Å². The van der Waals surface area contributed by atoms with Gasteiger partial charge < -0.3 is 14.2 Å². The lowest BCUT2D eigenvalue weighted by atomic mass is 10.1. The SMILES string of the molecule is COCCOCCC(=O)Cc1ccccc1OC. The number of para-hydroxylation sites is 1. The Morgan fingerprint density at radius 2 is 1.89 bits per heavy atom. The zero-order valence-corrected chi connectivity index (χ0v) is 11.0. The van der Waals surface area contributed by atoms with Crippen molar-refractivity contribution in [3.8, 4) is 5.75 Å². The first-order valence-corrected chi connectivity index (χ1v) is 5.98. The van der Waals surface area contributed by atoms with E-state index in [1.165, 1.54) is 0 Å². The molecular weight excluding hydrogens is 232 g/mol. The maximum Gasteiger partial charge on any atom is 0.139 e. The number of benzene rings is 1. The minimum atomic E-state index is 0.150. The number of rotatable bonds is 9. The van der Waals surface area contributed by atoms with Gasteiger partial charge in [-0.2, -0.15) is 0 Å². The third kappa shape index (κ3) is 5.29. The Bertz CT molecular complexity index is 363. The Morgan fingerprint density at radius 3 is 2.61 bits per heavy atom. The molecule has 0 radical (unpaired) electrons. The summed E-state index contributed by atoms with van der Waals surface area (Å²) in [5.41, 5.74) is 0.918. The van der Waals surface area contributed by atoms with E-state index in [0.717, 1.165) is 11.3 Å². The van der Waals surface area contributed by atoms with Gasteiger partial charge in [0.05, 0.1) is 26.9 Å². The summed E-state index contributed by atoms with van der Waals surface area (Å²) in [4.78, 5) is 11.7. The highest BCUT2D eigenvalue weighted by Crippen LogP contribution is 2.18.